The summed E-state index contributed by atoms with van der Waals surface area (Å²) in [4.78, 5) is 11.1. The van der Waals surface area contributed by atoms with Crippen LogP contribution >= 0.6 is 0 Å². The Morgan fingerprint density at radius 3 is 2.62 bits per heavy atom. The van der Waals surface area contributed by atoms with Crippen molar-refractivity contribution < 1.29 is 4.79 Å². The molecule has 1 amide bonds. The molecule has 0 aromatic heterocycles. The molecule has 2 N–H and O–H groups in total. The monoisotopic (exact) mass is 176 g/mol. The summed E-state index contributed by atoms with van der Waals surface area (Å²) in [7, 11) is 0. The smallest absolute Gasteiger partial charge is 0.225 e. The zero-order valence-corrected chi connectivity index (χ0v) is 7.95. The van der Waals surface area contributed by atoms with E-state index in [2.05, 4.69) is 6.07 Å². The van der Waals surface area contributed by atoms with Gasteiger partial charge in [-0.25, -0.2) is 0 Å². The van der Waals surface area contributed by atoms with Crippen LogP contribution in [0.1, 0.15) is 25.3 Å². The van der Waals surface area contributed by atoms with Crippen LogP contribution < -0.4 is 5.73 Å². The first-order chi connectivity index (χ1) is 6.13. The second-order valence-corrected chi connectivity index (χ2v) is 3.46. The molecule has 0 bridgehead atoms. The molecule has 1 radical (unpaired) electrons. The summed E-state index contributed by atoms with van der Waals surface area (Å²) in [6.07, 6.45) is 0. The minimum absolute atomic E-state index is 0.197. The van der Waals surface area contributed by atoms with Gasteiger partial charge in [-0.3, -0.25) is 4.79 Å². The van der Waals surface area contributed by atoms with Crippen molar-refractivity contribution in [1.82, 2.24) is 0 Å². The highest BCUT2D eigenvalue weighted by Gasteiger charge is 2.20. The van der Waals surface area contributed by atoms with Crippen LogP contribution in [0.25, 0.3) is 0 Å². The molecular formula is C11H14NO. The first kappa shape index (κ1) is 9.78. The van der Waals surface area contributed by atoms with Gasteiger partial charge in [-0.1, -0.05) is 38.1 Å². The molecule has 13 heavy (non-hydrogen) atoms. The fourth-order valence-electron chi connectivity index (χ4n) is 1.48. The van der Waals surface area contributed by atoms with Crippen LogP contribution in [0, 0.1) is 12.0 Å². The minimum Gasteiger partial charge on any atom is -0.369 e. The van der Waals surface area contributed by atoms with E-state index >= 15 is 0 Å². The number of carbonyl (C=O) groups is 1. The summed E-state index contributed by atoms with van der Waals surface area (Å²) >= 11 is 0. The number of nitrogens with two attached hydrogens (primary N) is 1. The summed E-state index contributed by atoms with van der Waals surface area (Å²) in [5, 5.41) is 0. The van der Waals surface area contributed by atoms with Crippen molar-refractivity contribution in [3.05, 3.63) is 35.9 Å². The Bertz CT molecular complexity index is 279. The second-order valence-electron chi connectivity index (χ2n) is 3.46. The molecule has 2 nitrogen and oxygen atoms in total. The Morgan fingerprint density at radius 2 is 2.23 bits per heavy atom. The minimum atomic E-state index is -0.269. The van der Waals surface area contributed by atoms with Crippen molar-refractivity contribution in [2.45, 2.75) is 19.8 Å². The van der Waals surface area contributed by atoms with Gasteiger partial charge in [0.2, 0.25) is 5.91 Å². The van der Waals surface area contributed by atoms with Gasteiger partial charge in [0.25, 0.3) is 0 Å². The number of rotatable bonds is 3. The van der Waals surface area contributed by atoms with Crippen LogP contribution in [0.4, 0.5) is 0 Å². The van der Waals surface area contributed by atoms with Crippen LogP contribution in [0.2, 0.25) is 0 Å². The van der Waals surface area contributed by atoms with E-state index < -0.39 is 0 Å². The molecular weight excluding hydrogens is 162 g/mol. The third kappa shape index (κ3) is 2.31. The first-order valence-corrected chi connectivity index (χ1v) is 4.38. The third-order valence-electron chi connectivity index (χ3n) is 2.06. The lowest BCUT2D eigenvalue weighted by Crippen LogP contribution is -2.25. The predicted octanol–water partition coefficient (Wildman–Crippen LogP) is 1.71. The second kappa shape index (κ2) is 4.08. The summed E-state index contributed by atoms with van der Waals surface area (Å²) < 4.78 is 0. The normalized spacial score (nSPS) is 12.8. The predicted molar refractivity (Wildman–Crippen MR) is 52.1 cm³/mol. The number of hydrogen-bond acceptors (Lipinski definition) is 1. The number of carbonyl (C=O) groups excluding carboxylic acids is 1. The molecule has 1 unspecified atom stereocenters. The largest absolute Gasteiger partial charge is 0.369 e. The molecule has 0 heterocycles. The Labute approximate surface area is 78.8 Å². The molecule has 0 aliphatic rings. The van der Waals surface area contributed by atoms with E-state index in [4.69, 9.17) is 5.73 Å². The third-order valence-corrected chi connectivity index (χ3v) is 2.06. The maximum atomic E-state index is 11.1. The fraction of sp³-hybridized carbons (Fsp3) is 0.364. The first-order valence-electron chi connectivity index (χ1n) is 4.38. The van der Waals surface area contributed by atoms with Gasteiger partial charge in [0.05, 0.1) is 5.92 Å². The lowest BCUT2D eigenvalue weighted by molar-refractivity contribution is -0.120. The van der Waals surface area contributed by atoms with Crippen molar-refractivity contribution in [1.29, 1.82) is 0 Å². The summed E-state index contributed by atoms with van der Waals surface area (Å²) in [5.41, 5.74) is 6.27. The van der Waals surface area contributed by atoms with E-state index in [-0.39, 0.29) is 17.7 Å². The average molecular weight is 176 g/mol. The molecule has 1 aromatic carbocycles. The van der Waals surface area contributed by atoms with E-state index in [9.17, 15) is 4.79 Å². The van der Waals surface area contributed by atoms with Gasteiger partial charge in [0, 0.05) is 0 Å². The van der Waals surface area contributed by atoms with Gasteiger partial charge < -0.3 is 5.73 Å². The van der Waals surface area contributed by atoms with Crippen LogP contribution in [0.15, 0.2) is 24.3 Å². The van der Waals surface area contributed by atoms with Gasteiger partial charge in [-0.2, -0.15) is 0 Å². The lowest BCUT2D eigenvalue weighted by atomic mass is 9.88. The molecule has 1 rings (SSSR count). The molecule has 0 fully saturated rings. The molecule has 2 heteroatoms. The SMILES string of the molecule is CC(C)C(C(N)=O)c1c[c]ccc1. The Morgan fingerprint density at radius 1 is 1.54 bits per heavy atom. The van der Waals surface area contributed by atoms with E-state index in [1.807, 2.05) is 38.1 Å². The number of amides is 1. The standard InChI is InChI=1S/C11H14NO/c1-8(2)10(11(12)13)9-6-4-3-5-7-9/h3-4,6-8,10H,1-2H3,(H2,12,13). The molecule has 0 aliphatic carbocycles. The Hall–Kier alpha value is -1.31. The van der Waals surface area contributed by atoms with Crippen molar-refractivity contribution in [3.63, 3.8) is 0 Å². The van der Waals surface area contributed by atoms with E-state index in [0.29, 0.717) is 0 Å². The van der Waals surface area contributed by atoms with E-state index in [0.717, 1.165) is 5.56 Å². The zero-order valence-electron chi connectivity index (χ0n) is 7.95. The quantitative estimate of drug-likeness (QED) is 0.748. The average Bonchev–Trinajstić information content (AvgIpc) is 2.04. The zero-order chi connectivity index (χ0) is 9.84. The van der Waals surface area contributed by atoms with Crippen LogP contribution in [-0.2, 0) is 4.79 Å². The van der Waals surface area contributed by atoms with E-state index in [1.54, 1.807) is 0 Å². The van der Waals surface area contributed by atoms with Gasteiger partial charge in [-0.15, -0.1) is 0 Å². The maximum Gasteiger partial charge on any atom is 0.225 e. The highest BCUT2D eigenvalue weighted by molar-refractivity contribution is 5.82. The van der Waals surface area contributed by atoms with Crippen LogP contribution in [-0.4, -0.2) is 5.91 Å². The molecule has 0 saturated carbocycles. The summed E-state index contributed by atoms with van der Waals surface area (Å²) in [5.74, 6) is -0.236. The summed E-state index contributed by atoms with van der Waals surface area (Å²) in [6.45, 7) is 3.98. The van der Waals surface area contributed by atoms with Gasteiger partial charge in [0.1, 0.15) is 0 Å². The van der Waals surface area contributed by atoms with Gasteiger partial charge >= 0.3 is 0 Å². The van der Waals surface area contributed by atoms with Gasteiger partial charge in [0.15, 0.2) is 0 Å². The Kier molecular flexibility index (Phi) is 3.07. The molecule has 1 atom stereocenters. The highest BCUT2D eigenvalue weighted by Crippen LogP contribution is 2.23. The number of benzene rings is 1. The Balaban J connectivity index is 2.96. The molecule has 0 spiro atoms. The summed E-state index contributed by atoms with van der Waals surface area (Å²) in [6, 6.07) is 10.3. The van der Waals surface area contributed by atoms with Crippen LogP contribution in [0.5, 0.6) is 0 Å². The van der Waals surface area contributed by atoms with Crippen molar-refractivity contribution >= 4 is 5.91 Å². The number of primary amides is 1. The molecule has 1 aromatic rings. The molecule has 69 valence electrons. The highest BCUT2D eigenvalue weighted by atomic mass is 16.1. The van der Waals surface area contributed by atoms with Crippen molar-refractivity contribution in [2.75, 3.05) is 0 Å². The topological polar surface area (TPSA) is 43.1 Å². The van der Waals surface area contributed by atoms with Crippen molar-refractivity contribution in [2.24, 2.45) is 11.7 Å². The molecule has 0 aliphatic heterocycles. The van der Waals surface area contributed by atoms with Crippen molar-refractivity contribution in [3.8, 4) is 0 Å². The van der Waals surface area contributed by atoms with Gasteiger partial charge in [-0.05, 0) is 17.5 Å². The van der Waals surface area contributed by atoms with Crippen LogP contribution in [0.3, 0.4) is 0 Å². The lowest BCUT2D eigenvalue weighted by Gasteiger charge is -2.17. The molecule has 0 saturated heterocycles. The maximum absolute atomic E-state index is 11.1. The number of hydrogen-bond donors (Lipinski definition) is 1. The fourth-order valence-corrected chi connectivity index (χ4v) is 1.48. The van der Waals surface area contributed by atoms with E-state index in [1.165, 1.54) is 0 Å².